The van der Waals surface area contributed by atoms with Crippen LogP contribution in [-0.4, -0.2) is 11.9 Å². The predicted molar refractivity (Wildman–Crippen MR) is 97.0 cm³/mol. The fourth-order valence-electron chi connectivity index (χ4n) is 3.97. The van der Waals surface area contributed by atoms with Gasteiger partial charge in [-0.05, 0) is 35.6 Å². The fourth-order valence-corrected chi connectivity index (χ4v) is 3.97. The molecular weight excluding hydrogens is 298 g/mol. The van der Waals surface area contributed by atoms with Crippen molar-refractivity contribution in [1.82, 2.24) is 5.32 Å². The molecule has 0 aliphatic heterocycles. The SMILES string of the molecule is C[C@@H]1CCCC[C@H]1NC(=O)Cc1coc2ccc3ccccc3c12. The molecule has 1 amide bonds. The van der Waals surface area contributed by atoms with Gasteiger partial charge in [-0.3, -0.25) is 4.79 Å². The zero-order valence-electron chi connectivity index (χ0n) is 14.0. The standard InChI is InChI=1S/C21H23NO2/c1-14-6-2-5-9-18(14)22-20(23)12-16-13-24-19-11-10-15-7-3-4-8-17(15)21(16)19/h3-4,7-8,10-11,13-14,18H,2,5-6,9,12H2,1H3,(H,22,23)/t14-,18-/m1/s1. The molecule has 4 rings (SSSR count). The van der Waals surface area contributed by atoms with Crippen molar-refractivity contribution in [2.24, 2.45) is 5.92 Å². The second-order valence-electron chi connectivity index (χ2n) is 7.03. The molecule has 3 nitrogen and oxygen atoms in total. The molecule has 1 aliphatic rings. The van der Waals surface area contributed by atoms with Gasteiger partial charge in [-0.2, -0.15) is 0 Å². The lowest BCUT2D eigenvalue weighted by molar-refractivity contribution is -0.121. The molecule has 1 heterocycles. The lowest BCUT2D eigenvalue weighted by atomic mass is 9.86. The van der Waals surface area contributed by atoms with Crippen molar-refractivity contribution >= 4 is 27.6 Å². The minimum atomic E-state index is 0.101. The van der Waals surface area contributed by atoms with Crippen LogP contribution >= 0.6 is 0 Å². The van der Waals surface area contributed by atoms with E-state index >= 15 is 0 Å². The van der Waals surface area contributed by atoms with Crippen LogP contribution in [0, 0.1) is 5.92 Å². The first-order valence-electron chi connectivity index (χ1n) is 8.89. The van der Waals surface area contributed by atoms with Gasteiger partial charge in [0.05, 0.1) is 12.7 Å². The number of rotatable bonds is 3. The maximum absolute atomic E-state index is 12.6. The molecule has 24 heavy (non-hydrogen) atoms. The molecule has 1 aromatic heterocycles. The summed E-state index contributed by atoms with van der Waals surface area (Å²) in [5.41, 5.74) is 1.82. The maximum atomic E-state index is 12.6. The fraction of sp³-hybridized carbons (Fsp3) is 0.381. The summed E-state index contributed by atoms with van der Waals surface area (Å²) in [6.45, 7) is 2.24. The van der Waals surface area contributed by atoms with Gasteiger partial charge in [-0.15, -0.1) is 0 Å². The van der Waals surface area contributed by atoms with Gasteiger partial charge in [0.15, 0.2) is 0 Å². The number of fused-ring (bicyclic) bond motifs is 3. The zero-order valence-corrected chi connectivity index (χ0v) is 14.0. The highest BCUT2D eigenvalue weighted by Crippen LogP contribution is 2.30. The van der Waals surface area contributed by atoms with Crippen molar-refractivity contribution in [2.45, 2.75) is 45.1 Å². The third-order valence-electron chi connectivity index (χ3n) is 5.35. The maximum Gasteiger partial charge on any atom is 0.224 e. The minimum Gasteiger partial charge on any atom is -0.464 e. The van der Waals surface area contributed by atoms with Gasteiger partial charge in [0.25, 0.3) is 0 Å². The van der Waals surface area contributed by atoms with Crippen molar-refractivity contribution in [3.63, 3.8) is 0 Å². The number of carbonyl (C=O) groups excluding carboxylic acids is 1. The van der Waals surface area contributed by atoms with Crippen molar-refractivity contribution in [3.05, 3.63) is 48.2 Å². The molecule has 1 aliphatic carbocycles. The van der Waals surface area contributed by atoms with E-state index in [-0.39, 0.29) is 5.91 Å². The molecule has 0 saturated heterocycles. The van der Waals surface area contributed by atoms with Crippen LogP contribution in [0.2, 0.25) is 0 Å². The number of furan rings is 1. The first-order valence-corrected chi connectivity index (χ1v) is 8.89. The van der Waals surface area contributed by atoms with Crippen molar-refractivity contribution in [1.29, 1.82) is 0 Å². The Hall–Kier alpha value is -2.29. The van der Waals surface area contributed by atoms with E-state index in [1.807, 2.05) is 18.2 Å². The Kier molecular flexibility index (Phi) is 4.01. The number of nitrogens with one attached hydrogen (secondary N) is 1. The van der Waals surface area contributed by atoms with Gasteiger partial charge in [0.1, 0.15) is 5.58 Å². The highest BCUT2D eigenvalue weighted by Gasteiger charge is 2.23. The number of benzene rings is 2. The lowest BCUT2D eigenvalue weighted by Crippen LogP contribution is -2.41. The smallest absolute Gasteiger partial charge is 0.224 e. The van der Waals surface area contributed by atoms with Crippen LogP contribution in [0.25, 0.3) is 21.7 Å². The first kappa shape index (κ1) is 15.3. The van der Waals surface area contributed by atoms with E-state index in [1.165, 1.54) is 24.6 Å². The molecular formula is C21H23NO2. The summed E-state index contributed by atoms with van der Waals surface area (Å²) >= 11 is 0. The van der Waals surface area contributed by atoms with E-state index < -0.39 is 0 Å². The molecule has 1 fully saturated rings. The summed E-state index contributed by atoms with van der Waals surface area (Å²) in [5.74, 6) is 0.675. The minimum absolute atomic E-state index is 0.101. The molecule has 124 valence electrons. The Labute approximate surface area is 142 Å². The third-order valence-corrected chi connectivity index (χ3v) is 5.35. The Morgan fingerprint density at radius 1 is 1.17 bits per heavy atom. The first-order chi connectivity index (χ1) is 11.7. The molecule has 0 radical (unpaired) electrons. The zero-order chi connectivity index (χ0) is 16.5. The van der Waals surface area contributed by atoms with E-state index in [2.05, 4.69) is 30.4 Å². The summed E-state index contributed by atoms with van der Waals surface area (Å²) in [7, 11) is 0. The molecule has 0 unspecified atom stereocenters. The summed E-state index contributed by atoms with van der Waals surface area (Å²) in [5, 5.41) is 6.63. The van der Waals surface area contributed by atoms with E-state index in [1.54, 1.807) is 6.26 Å². The number of hydrogen-bond donors (Lipinski definition) is 1. The number of amides is 1. The monoisotopic (exact) mass is 321 g/mol. The largest absolute Gasteiger partial charge is 0.464 e. The van der Waals surface area contributed by atoms with Crippen LogP contribution in [0.15, 0.2) is 47.1 Å². The van der Waals surface area contributed by atoms with E-state index in [0.717, 1.165) is 28.3 Å². The second-order valence-corrected chi connectivity index (χ2v) is 7.03. The van der Waals surface area contributed by atoms with Crippen LogP contribution in [0.3, 0.4) is 0 Å². The Morgan fingerprint density at radius 3 is 2.88 bits per heavy atom. The molecule has 0 spiro atoms. The van der Waals surface area contributed by atoms with E-state index in [4.69, 9.17) is 4.42 Å². The van der Waals surface area contributed by atoms with Crippen LogP contribution in [0.1, 0.15) is 38.2 Å². The van der Waals surface area contributed by atoms with Gasteiger partial charge in [0.2, 0.25) is 5.91 Å². The normalized spacial score (nSPS) is 21.2. The van der Waals surface area contributed by atoms with Gasteiger partial charge >= 0.3 is 0 Å². The van der Waals surface area contributed by atoms with E-state index in [0.29, 0.717) is 18.4 Å². The molecule has 1 saturated carbocycles. The molecule has 3 aromatic rings. The summed E-state index contributed by atoms with van der Waals surface area (Å²) in [6, 6.07) is 12.6. The van der Waals surface area contributed by atoms with Crippen molar-refractivity contribution in [2.75, 3.05) is 0 Å². The van der Waals surface area contributed by atoms with Crippen molar-refractivity contribution < 1.29 is 9.21 Å². The summed E-state index contributed by atoms with van der Waals surface area (Å²) < 4.78 is 5.69. The van der Waals surface area contributed by atoms with E-state index in [9.17, 15) is 4.79 Å². The van der Waals surface area contributed by atoms with Crippen LogP contribution in [-0.2, 0) is 11.2 Å². The van der Waals surface area contributed by atoms with Gasteiger partial charge in [0, 0.05) is 17.0 Å². The van der Waals surface area contributed by atoms with Gasteiger partial charge < -0.3 is 9.73 Å². The lowest BCUT2D eigenvalue weighted by Gasteiger charge is -2.29. The second kappa shape index (κ2) is 6.31. The number of hydrogen-bond acceptors (Lipinski definition) is 2. The average Bonchev–Trinajstić information content (AvgIpc) is 3.00. The van der Waals surface area contributed by atoms with Crippen LogP contribution in [0.5, 0.6) is 0 Å². The molecule has 2 aromatic carbocycles. The molecule has 1 N–H and O–H groups in total. The summed E-state index contributed by atoms with van der Waals surface area (Å²) in [4.78, 5) is 12.6. The topological polar surface area (TPSA) is 42.2 Å². The van der Waals surface area contributed by atoms with Crippen LogP contribution < -0.4 is 5.32 Å². The van der Waals surface area contributed by atoms with Crippen LogP contribution in [0.4, 0.5) is 0 Å². The quantitative estimate of drug-likeness (QED) is 0.751. The number of carbonyl (C=O) groups is 1. The molecule has 2 atom stereocenters. The Morgan fingerprint density at radius 2 is 2.00 bits per heavy atom. The summed E-state index contributed by atoms with van der Waals surface area (Å²) in [6.07, 6.45) is 6.93. The highest BCUT2D eigenvalue weighted by molar-refractivity contribution is 6.08. The van der Waals surface area contributed by atoms with Gasteiger partial charge in [-0.1, -0.05) is 50.1 Å². The Balaban J connectivity index is 1.60. The highest BCUT2D eigenvalue weighted by atomic mass is 16.3. The Bertz CT molecular complexity index is 880. The van der Waals surface area contributed by atoms with Crippen molar-refractivity contribution in [3.8, 4) is 0 Å². The molecule has 3 heteroatoms. The molecule has 0 bridgehead atoms. The third kappa shape index (κ3) is 2.79. The predicted octanol–water partition coefficient (Wildman–Crippen LogP) is 4.82. The average molecular weight is 321 g/mol. The van der Waals surface area contributed by atoms with Gasteiger partial charge in [-0.25, -0.2) is 0 Å².